The van der Waals surface area contributed by atoms with Crippen molar-refractivity contribution in [3.05, 3.63) is 0 Å². The van der Waals surface area contributed by atoms with E-state index in [1.54, 1.807) is 7.05 Å². The molecule has 1 aromatic heterocycles. The fourth-order valence-corrected chi connectivity index (χ4v) is 0.430. The summed E-state index contributed by atoms with van der Waals surface area (Å²) in [7, 11) is 1.59. The summed E-state index contributed by atoms with van der Waals surface area (Å²) in [5, 5.41) is 15.6. The molecule has 0 fully saturated rings. The van der Waals surface area contributed by atoms with Crippen LogP contribution < -0.4 is 0 Å². The number of aromatic nitrogens is 3. The standard InChI is InChI=1S/C3H4N3OS/c1-6-2(7)4-5-3(6)8/h1H3,(H,4,7). The predicted octanol–water partition coefficient (Wildman–Crippen LogP) is 0.0771. The molecule has 0 saturated heterocycles. The molecule has 0 bridgehead atoms. The van der Waals surface area contributed by atoms with Crippen LogP contribution in [0.3, 0.4) is 0 Å². The highest BCUT2D eigenvalue weighted by Gasteiger charge is 2.00. The monoisotopic (exact) mass is 130 g/mol. The zero-order valence-electron chi connectivity index (χ0n) is 4.20. The Balaban J connectivity index is 3.19. The predicted molar refractivity (Wildman–Crippen MR) is 28.5 cm³/mol. The summed E-state index contributed by atoms with van der Waals surface area (Å²) in [4.78, 5) is 0. The second kappa shape index (κ2) is 1.59. The van der Waals surface area contributed by atoms with Crippen molar-refractivity contribution in [2.75, 3.05) is 0 Å². The lowest BCUT2D eigenvalue weighted by Crippen LogP contribution is -1.85. The molecule has 0 aliphatic rings. The molecule has 0 saturated carbocycles. The minimum atomic E-state index is -0.144. The van der Waals surface area contributed by atoms with E-state index in [9.17, 15) is 0 Å². The summed E-state index contributed by atoms with van der Waals surface area (Å²) in [5.74, 6) is 0. The van der Waals surface area contributed by atoms with E-state index in [0.717, 1.165) is 0 Å². The van der Waals surface area contributed by atoms with Crippen LogP contribution >= 0.6 is 12.6 Å². The lowest BCUT2D eigenvalue weighted by atomic mass is 11.0. The second-order valence-corrected chi connectivity index (χ2v) is 1.71. The molecule has 1 aromatic rings. The maximum Gasteiger partial charge on any atom is 0.315 e. The highest BCUT2D eigenvalue weighted by atomic mass is 32.1. The van der Waals surface area contributed by atoms with E-state index in [0.29, 0.717) is 5.16 Å². The summed E-state index contributed by atoms with van der Waals surface area (Å²) in [5.41, 5.74) is 0. The van der Waals surface area contributed by atoms with Gasteiger partial charge < -0.3 is 5.11 Å². The van der Waals surface area contributed by atoms with Gasteiger partial charge in [-0.1, -0.05) is 5.10 Å². The van der Waals surface area contributed by atoms with Crippen molar-refractivity contribution < 1.29 is 5.11 Å². The van der Waals surface area contributed by atoms with Gasteiger partial charge in [-0.3, -0.25) is 4.57 Å². The Morgan fingerprint density at radius 1 is 1.62 bits per heavy atom. The Labute approximate surface area is 51.6 Å². The number of nitrogens with zero attached hydrogens (tertiary/aromatic N) is 3. The molecule has 1 heterocycles. The van der Waals surface area contributed by atoms with E-state index in [2.05, 4.69) is 22.8 Å². The fourth-order valence-electron chi connectivity index (χ4n) is 0.307. The molecule has 0 unspecified atom stereocenters. The quantitative estimate of drug-likeness (QED) is 0.541. The van der Waals surface area contributed by atoms with Crippen LogP contribution in [0.5, 0.6) is 6.01 Å². The van der Waals surface area contributed by atoms with Crippen molar-refractivity contribution in [2.45, 2.75) is 5.16 Å². The minimum Gasteiger partial charge on any atom is -0.479 e. The lowest BCUT2D eigenvalue weighted by molar-refractivity contribution is 0.406. The Morgan fingerprint density at radius 3 is 2.38 bits per heavy atom. The molecule has 0 atom stereocenters. The third-order valence-electron chi connectivity index (χ3n) is 0.812. The van der Waals surface area contributed by atoms with Crippen LogP contribution in [-0.4, -0.2) is 19.9 Å². The van der Waals surface area contributed by atoms with Gasteiger partial charge in [0.25, 0.3) is 0 Å². The van der Waals surface area contributed by atoms with Crippen molar-refractivity contribution in [2.24, 2.45) is 7.05 Å². The van der Waals surface area contributed by atoms with Crippen LogP contribution in [0.1, 0.15) is 0 Å². The number of hydrogen-bond donors (Lipinski definition) is 1. The molecule has 5 heteroatoms. The zero-order valence-corrected chi connectivity index (χ0v) is 5.01. The van der Waals surface area contributed by atoms with E-state index in [4.69, 9.17) is 5.11 Å². The molecular formula is C3H4N3OS. The largest absolute Gasteiger partial charge is 0.479 e. The Morgan fingerprint density at radius 2 is 2.25 bits per heavy atom. The first kappa shape index (κ1) is 5.30. The summed E-state index contributed by atoms with van der Waals surface area (Å²) >= 11 is 4.60. The second-order valence-electron chi connectivity index (χ2n) is 1.34. The molecule has 0 aliphatic heterocycles. The van der Waals surface area contributed by atoms with Crippen LogP contribution in [0.2, 0.25) is 0 Å². The maximum absolute atomic E-state index is 8.66. The molecule has 43 valence electrons. The smallest absolute Gasteiger partial charge is 0.315 e. The van der Waals surface area contributed by atoms with E-state index < -0.39 is 0 Å². The van der Waals surface area contributed by atoms with Gasteiger partial charge in [0.15, 0.2) is 0 Å². The number of aromatic hydroxyl groups is 1. The zero-order chi connectivity index (χ0) is 6.15. The van der Waals surface area contributed by atoms with Gasteiger partial charge in [0, 0.05) is 7.05 Å². The minimum absolute atomic E-state index is 0.144. The molecule has 0 amide bonds. The summed E-state index contributed by atoms with van der Waals surface area (Å²) < 4.78 is 1.31. The van der Waals surface area contributed by atoms with E-state index >= 15 is 0 Å². The van der Waals surface area contributed by atoms with Crippen LogP contribution in [-0.2, 0) is 7.05 Å². The number of hydrogen-bond acceptors (Lipinski definition) is 3. The van der Waals surface area contributed by atoms with Gasteiger partial charge in [0.2, 0.25) is 5.16 Å². The van der Waals surface area contributed by atoms with Crippen molar-refractivity contribution in [1.82, 2.24) is 14.8 Å². The Kier molecular flexibility index (Phi) is 1.05. The average Bonchev–Trinajstić information content (AvgIpc) is 1.98. The van der Waals surface area contributed by atoms with Crippen LogP contribution in [0.4, 0.5) is 0 Å². The van der Waals surface area contributed by atoms with Crippen molar-refractivity contribution >= 4 is 12.6 Å². The first-order chi connectivity index (χ1) is 3.72. The summed E-state index contributed by atoms with van der Waals surface area (Å²) in [6.45, 7) is 0. The Hall–Kier alpha value is -0.840. The van der Waals surface area contributed by atoms with Gasteiger partial charge in [0.1, 0.15) is 0 Å². The van der Waals surface area contributed by atoms with Crippen molar-refractivity contribution in [3.63, 3.8) is 0 Å². The molecule has 0 spiro atoms. The van der Waals surface area contributed by atoms with Crippen LogP contribution in [0.15, 0.2) is 5.16 Å². The third kappa shape index (κ3) is 0.604. The molecule has 1 rings (SSSR count). The highest BCUT2D eigenvalue weighted by Crippen LogP contribution is 2.06. The molecule has 1 N–H and O–H groups in total. The van der Waals surface area contributed by atoms with Gasteiger partial charge in [-0.05, 0) is 12.6 Å². The molecule has 1 radical (unpaired) electrons. The van der Waals surface area contributed by atoms with E-state index in [-0.39, 0.29) is 6.01 Å². The first-order valence-corrected chi connectivity index (χ1v) is 2.38. The lowest BCUT2D eigenvalue weighted by Gasteiger charge is -1.87. The highest BCUT2D eigenvalue weighted by molar-refractivity contribution is 7.80. The number of rotatable bonds is 0. The summed E-state index contributed by atoms with van der Waals surface area (Å²) in [6.07, 6.45) is 0. The molecule has 4 nitrogen and oxygen atoms in total. The topological polar surface area (TPSA) is 50.9 Å². The van der Waals surface area contributed by atoms with Crippen LogP contribution in [0, 0.1) is 0 Å². The SMILES string of the molecule is Cn1c(O)nnc1[S]. The maximum atomic E-state index is 8.66. The van der Waals surface area contributed by atoms with Crippen molar-refractivity contribution in [3.8, 4) is 6.01 Å². The van der Waals surface area contributed by atoms with Crippen molar-refractivity contribution in [1.29, 1.82) is 0 Å². The van der Waals surface area contributed by atoms with Gasteiger partial charge in [-0.2, -0.15) is 0 Å². The first-order valence-electron chi connectivity index (χ1n) is 1.97. The van der Waals surface area contributed by atoms with Crippen LogP contribution in [0.25, 0.3) is 0 Å². The normalized spacial score (nSPS) is 9.62. The molecule has 8 heavy (non-hydrogen) atoms. The molecular weight excluding hydrogens is 126 g/mol. The average molecular weight is 130 g/mol. The van der Waals surface area contributed by atoms with E-state index in [1.165, 1.54) is 4.57 Å². The van der Waals surface area contributed by atoms with E-state index in [1.807, 2.05) is 0 Å². The molecule has 0 aliphatic carbocycles. The third-order valence-corrected chi connectivity index (χ3v) is 1.17. The summed E-state index contributed by atoms with van der Waals surface area (Å²) in [6, 6.07) is -0.144. The van der Waals surface area contributed by atoms with Gasteiger partial charge in [-0.15, -0.1) is 5.10 Å². The van der Waals surface area contributed by atoms with Gasteiger partial charge >= 0.3 is 6.01 Å². The van der Waals surface area contributed by atoms with Gasteiger partial charge in [-0.25, -0.2) is 0 Å². The van der Waals surface area contributed by atoms with Gasteiger partial charge in [0.05, 0.1) is 0 Å². The molecule has 0 aromatic carbocycles. The Bertz CT molecular complexity index is 177. The fraction of sp³-hybridized carbons (Fsp3) is 0.333.